The van der Waals surface area contributed by atoms with Gasteiger partial charge in [0.2, 0.25) is 0 Å². The summed E-state index contributed by atoms with van der Waals surface area (Å²) in [5, 5.41) is 19.1. The van der Waals surface area contributed by atoms with Crippen LogP contribution in [0.2, 0.25) is 0 Å². The van der Waals surface area contributed by atoms with E-state index in [-0.39, 0.29) is 23.5 Å². The second-order valence-corrected chi connectivity index (χ2v) is 3.26. The van der Waals surface area contributed by atoms with Gasteiger partial charge in [0.1, 0.15) is 11.6 Å². The van der Waals surface area contributed by atoms with E-state index in [1.165, 1.54) is 6.92 Å². The molecule has 0 aliphatic carbocycles. The third kappa shape index (κ3) is 2.30. The molecule has 0 aliphatic rings. The van der Waals surface area contributed by atoms with Crippen molar-refractivity contribution in [1.29, 1.82) is 0 Å². The zero-order valence-corrected chi connectivity index (χ0v) is 9.03. The van der Waals surface area contributed by atoms with E-state index in [0.29, 0.717) is 0 Å². The van der Waals surface area contributed by atoms with Crippen molar-refractivity contribution in [2.45, 2.75) is 20.0 Å². The molecule has 0 radical (unpaired) electrons. The molecule has 5 heteroatoms. The summed E-state index contributed by atoms with van der Waals surface area (Å²) < 4.78 is 17.8. The van der Waals surface area contributed by atoms with Gasteiger partial charge >= 0.3 is 5.97 Å². The summed E-state index contributed by atoms with van der Waals surface area (Å²) in [6.45, 7) is 3.06. The summed E-state index contributed by atoms with van der Waals surface area (Å²) in [6.07, 6.45) is -1.67. The highest BCUT2D eigenvalue weighted by molar-refractivity contribution is 5.77. The molecule has 0 fully saturated rings. The van der Waals surface area contributed by atoms with E-state index in [1.54, 1.807) is 6.92 Å². The molecule has 0 saturated heterocycles. The van der Waals surface area contributed by atoms with Crippen LogP contribution in [0.5, 0.6) is 5.75 Å². The van der Waals surface area contributed by atoms with Gasteiger partial charge in [0, 0.05) is 5.56 Å². The molecule has 0 heterocycles. The van der Waals surface area contributed by atoms with E-state index >= 15 is 0 Å². The Morgan fingerprint density at radius 1 is 1.56 bits per heavy atom. The minimum atomic E-state index is -1.67. The van der Waals surface area contributed by atoms with Crippen LogP contribution in [0.4, 0.5) is 4.39 Å². The van der Waals surface area contributed by atoms with Gasteiger partial charge in [0.15, 0.2) is 6.10 Å². The fraction of sp³-hybridized carbons (Fsp3) is 0.364. The normalized spacial score (nSPS) is 12.2. The van der Waals surface area contributed by atoms with Crippen LogP contribution in [-0.2, 0) is 9.53 Å². The fourth-order valence-corrected chi connectivity index (χ4v) is 1.37. The highest BCUT2D eigenvalue weighted by Crippen LogP contribution is 2.29. The molecule has 1 aromatic carbocycles. The zero-order chi connectivity index (χ0) is 12.3. The Labute approximate surface area is 92.3 Å². The predicted octanol–water partition coefficient (Wildman–Crippen LogP) is 1.44. The number of halogens is 1. The lowest BCUT2D eigenvalue weighted by Crippen LogP contribution is -2.17. The number of esters is 1. The lowest BCUT2D eigenvalue weighted by Gasteiger charge is -2.14. The average Bonchev–Trinajstić information content (AvgIpc) is 2.24. The van der Waals surface area contributed by atoms with E-state index in [4.69, 9.17) is 0 Å². The molecule has 1 atom stereocenters. The Kier molecular flexibility index (Phi) is 3.84. The molecule has 88 valence electrons. The van der Waals surface area contributed by atoms with Crippen molar-refractivity contribution in [3.63, 3.8) is 0 Å². The van der Waals surface area contributed by atoms with Gasteiger partial charge < -0.3 is 14.9 Å². The Morgan fingerprint density at radius 3 is 2.75 bits per heavy atom. The quantitative estimate of drug-likeness (QED) is 0.768. The maximum Gasteiger partial charge on any atom is 0.339 e. The van der Waals surface area contributed by atoms with Gasteiger partial charge in [-0.2, -0.15) is 0 Å². The first kappa shape index (κ1) is 12.4. The summed E-state index contributed by atoms with van der Waals surface area (Å²) >= 11 is 0. The van der Waals surface area contributed by atoms with E-state index < -0.39 is 17.9 Å². The number of hydrogen-bond donors (Lipinski definition) is 2. The average molecular weight is 228 g/mol. The first-order valence-corrected chi connectivity index (χ1v) is 4.81. The van der Waals surface area contributed by atoms with E-state index in [2.05, 4.69) is 4.74 Å². The lowest BCUT2D eigenvalue weighted by atomic mass is 10.0. The molecule has 16 heavy (non-hydrogen) atoms. The topological polar surface area (TPSA) is 66.8 Å². The van der Waals surface area contributed by atoms with Crippen molar-refractivity contribution in [1.82, 2.24) is 0 Å². The van der Waals surface area contributed by atoms with E-state index in [9.17, 15) is 19.4 Å². The molecule has 1 unspecified atom stereocenters. The van der Waals surface area contributed by atoms with E-state index in [1.807, 2.05) is 0 Å². The Morgan fingerprint density at radius 2 is 2.19 bits per heavy atom. The Bertz CT molecular complexity index is 403. The van der Waals surface area contributed by atoms with Gasteiger partial charge in [-0.25, -0.2) is 9.18 Å². The minimum absolute atomic E-state index is 0.0283. The van der Waals surface area contributed by atoms with Gasteiger partial charge in [-0.05, 0) is 31.5 Å². The molecular formula is C11H13FO4. The van der Waals surface area contributed by atoms with Crippen LogP contribution in [0.25, 0.3) is 0 Å². The summed E-state index contributed by atoms with van der Waals surface area (Å²) in [5.74, 6) is -1.85. The van der Waals surface area contributed by atoms with Crippen LogP contribution < -0.4 is 0 Å². The van der Waals surface area contributed by atoms with Crippen molar-refractivity contribution < 1.29 is 24.1 Å². The number of aliphatic hydroxyl groups is 1. The highest BCUT2D eigenvalue weighted by Gasteiger charge is 2.25. The molecule has 0 spiro atoms. The van der Waals surface area contributed by atoms with E-state index in [0.717, 1.165) is 12.1 Å². The molecule has 4 nitrogen and oxygen atoms in total. The molecule has 0 bridgehead atoms. The SMILES string of the molecule is CCOC(=O)C(O)c1c(O)ccc(F)c1C. The first-order valence-electron chi connectivity index (χ1n) is 4.81. The van der Waals surface area contributed by atoms with Crippen LogP contribution in [0.15, 0.2) is 12.1 Å². The van der Waals surface area contributed by atoms with Gasteiger partial charge in [-0.15, -0.1) is 0 Å². The van der Waals surface area contributed by atoms with Crippen LogP contribution in [0.1, 0.15) is 24.2 Å². The van der Waals surface area contributed by atoms with Gasteiger partial charge in [0.05, 0.1) is 6.61 Å². The van der Waals surface area contributed by atoms with Gasteiger partial charge in [-0.1, -0.05) is 0 Å². The second-order valence-electron chi connectivity index (χ2n) is 3.26. The number of aliphatic hydroxyl groups excluding tert-OH is 1. The summed E-state index contributed by atoms with van der Waals surface area (Å²) in [7, 11) is 0. The number of carbonyl (C=O) groups excluding carboxylic acids is 1. The van der Waals surface area contributed by atoms with Crippen molar-refractivity contribution in [2.75, 3.05) is 6.61 Å². The molecule has 2 N–H and O–H groups in total. The number of phenolic OH excluding ortho intramolecular Hbond substituents is 1. The molecule has 0 aromatic heterocycles. The maximum absolute atomic E-state index is 13.2. The van der Waals surface area contributed by atoms with Gasteiger partial charge in [0.25, 0.3) is 0 Å². The van der Waals surface area contributed by atoms with Crippen LogP contribution in [0.3, 0.4) is 0 Å². The number of carbonyl (C=O) groups is 1. The highest BCUT2D eigenvalue weighted by atomic mass is 19.1. The number of ether oxygens (including phenoxy) is 1. The summed E-state index contributed by atoms with van der Waals surface area (Å²) in [5.41, 5.74) is -0.126. The minimum Gasteiger partial charge on any atom is -0.508 e. The molecule has 1 rings (SSSR count). The number of aromatic hydroxyl groups is 1. The first-order chi connectivity index (χ1) is 7.49. The van der Waals surface area contributed by atoms with Crippen molar-refractivity contribution >= 4 is 5.97 Å². The van der Waals surface area contributed by atoms with Crippen molar-refractivity contribution in [2.24, 2.45) is 0 Å². The monoisotopic (exact) mass is 228 g/mol. The molecule has 1 aromatic rings. The number of hydrogen-bond acceptors (Lipinski definition) is 4. The third-order valence-electron chi connectivity index (χ3n) is 2.21. The largest absolute Gasteiger partial charge is 0.508 e. The Hall–Kier alpha value is -1.62. The number of phenols is 1. The molecule has 0 aliphatic heterocycles. The van der Waals surface area contributed by atoms with Crippen LogP contribution in [0, 0.1) is 12.7 Å². The predicted molar refractivity (Wildman–Crippen MR) is 54.4 cm³/mol. The number of benzene rings is 1. The van der Waals surface area contributed by atoms with Crippen molar-refractivity contribution in [3.05, 3.63) is 29.1 Å². The second kappa shape index (κ2) is 4.94. The maximum atomic E-state index is 13.2. The summed E-state index contributed by atoms with van der Waals surface area (Å²) in [6, 6.07) is 2.14. The number of rotatable bonds is 3. The van der Waals surface area contributed by atoms with Crippen molar-refractivity contribution in [3.8, 4) is 5.75 Å². The third-order valence-corrected chi connectivity index (χ3v) is 2.21. The van der Waals surface area contributed by atoms with Gasteiger partial charge in [-0.3, -0.25) is 0 Å². The summed E-state index contributed by atoms with van der Waals surface area (Å²) in [4.78, 5) is 11.3. The lowest BCUT2D eigenvalue weighted by molar-refractivity contribution is -0.153. The molecule has 0 saturated carbocycles. The fourth-order valence-electron chi connectivity index (χ4n) is 1.37. The molecular weight excluding hydrogens is 215 g/mol. The Balaban J connectivity index is 3.12. The zero-order valence-electron chi connectivity index (χ0n) is 9.03. The van der Waals surface area contributed by atoms with Crippen LogP contribution in [-0.4, -0.2) is 22.8 Å². The standard InChI is InChI=1S/C11H13FO4/c1-3-16-11(15)10(14)9-6(2)7(12)4-5-8(9)13/h4-5,10,13-14H,3H2,1-2H3. The smallest absolute Gasteiger partial charge is 0.339 e. The van der Waals surface area contributed by atoms with Crippen LogP contribution >= 0.6 is 0 Å². The molecule has 0 amide bonds.